The van der Waals surface area contributed by atoms with Crippen LogP contribution in [0.1, 0.15) is 40.5 Å². The predicted molar refractivity (Wildman–Crippen MR) is 77.3 cm³/mol. The van der Waals surface area contributed by atoms with E-state index in [1.807, 2.05) is 27.7 Å². The highest BCUT2D eigenvalue weighted by molar-refractivity contribution is 5.78. The molecule has 1 fully saturated rings. The maximum atomic E-state index is 12.1. The second kappa shape index (κ2) is 6.92. The lowest BCUT2D eigenvalue weighted by Gasteiger charge is -2.39. The Morgan fingerprint density at radius 2 is 2.05 bits per heavy atom. The zero-order chi connectivity index (χ0) is 15.3. The minimum atomic E-state index is -0.498. The maximum absolute atomic E-state index is 12.1. The average molecular weight is 285 g/mol. The van der Waals surface area contributed by atoms with Crippen molar-refractivity contribution in [2.24, 2.45) is 5.73 Å². The lowest BCUT2D eigenvalue weighted by Crippen LogP contribution is -2.53. The first-order valence-corrected chi connectivity index (χ1v) is 7.26. The number of hydrogen-bond donors (Lipinski definition) is 1. The molecule has 0 radical (unpaired) electrons. The molecule has 116 valence electrons. The van der Waals surface area contributed by atoms with E-state index in [-0.39, 0.29) is 24.6 Å². The highest BCUT2D eigenvalue weighted by atomic mass is 16.6. The lowest BCUT2D eigenvalue weighted by molar-refractivity contribution is -0.132. The average Bonchev–Trinajstić information content (AvgIpc) is 2.37. The number of hydrogen-bond acceptors (Lipinski definition) is 4. The molecule has 20 heavy (non-hydrogen) atoms. The topological polar surface area (TPSA) is 75.9 Å². The number of ether oxygens (including phenoxy) is 1. The number of likely N-dealkylation sites (tertiary alicyclic amines) is 1. The molecule has 2 N–H and O–H groups in total. The quantitative estimate of drug-likeness (QED) is 0.845. The molecule has 0 spiro atoms. The summed E-state index contributed by atoms with van der Waals surface area (Å²) in [5, 5.41) is 0. The zero-order valence-electron chi connectivity index (χ0n) is 13.0. The maximum Gasteiger partial charge on any atom is 0.410 e. The summed E-state index contributed by atoms with van der Waals surface area (Å²) in [6.45, 7) is 9.31. The largest absolute Gasteiger partial charge is 0.444 e. The van der Waals surface area contributed by atoms with Gasteiger partial charge in [0, 0.05) is 25.7 Å². The van der Waals surface area contributed by atoms with E-state index >= 15 is 0 Å². The molecule has 1 rings (SSSR count). The van der Waals surface area contributed by atoms with Crippen LogP contribution in [-0.4, -0.2) is 59.6 Å². The third-order valence-corrected chi connectivity index (χ3v) is 3.32. The van der Waals surface area contributed by atoms with Crippen molar-refractivity contribution in [1.29, 1.82) is 0 Å². The monoisotopic (exact) mass is 285 g/mol. The van der Waals surface area contributed by atoms with E-state index in [4.69, 9.17) is 10.5 Å². The molecule has 1 aliphatic heterocycles. The van der Waals surface area contributed by atoms with Gasteiger partial charge in [-0.25, -0.2) is 4.79 Å². The Labute approximate surface area is 121 Å². The van der Waals surface area contributed by atoms with Crippen LogP contribution >= 0.6 is 0 Å². The molecule has 6 heteroatoms. The SMILES string of the molecule is CCN(C(=O)CN)C1CCCN(C(=O)OC(C)(C)C)C1. The third-order valence-electron chi connectivity index (χ3n) is 3.32. The highest BCUT2D eigenvalue weighted by Gasteiger charge is 2.31. The van der Waals surface area contributed by atoms with Crippen LogP contribution in [0.3, 0.4) is 0 Å². The van der Waals surface area contributed by atoms with Crippen molar-refractivity contribution in [3.63, 3.8) is 0 Å². The van der Waals surface area contributed by atoms with Crippen LogP contribution < -0.4 is 5.73 Å². The summed E-state index contributed by atoms with van der Waals surface area (Å²) in [5.74, 6) is -0.0662. The Bertz CT molecular complexity index is 352. The number of nitrogens with two attached hydrogens (primary N) is 1. The number of likely N-dealkylation sites (N-methyl/N-ethyl adjacent to an activating group) is 1. The zero-order valence-corrected chi connectivity index (χ0v) is 13.0. The first-order valence-electron chi connectivity index (χ1n) is 7.26. The van der Waals surface area contributed by atoms with E-state index in [1.165, 1.54) is 0 Å². The summed E-state index contributed by atoms with van der Waals surface area (Å²) in [6, 6.07) is 0.0392. The summed E-state index contributed by atoms with van der Waals surface area (Å²) < 4.78 is 5.38. The molecular weight excluding hydrogens is 258 g/mol. The Balaban J connectivity index is 2.66. The van der Waals surface area contributed by atoms with E-state index in [1.54, 1.807) is 9.80 Å². The fourth-order valence-electron chi connectivity index (χ4n) is 2.46. The van der Waals surface area contributed by atoms with E-state index < -0.39 is 5.60 Å². The molecule has 0 aliphatic carbocycles. The van der Waals surface area contributed by atoms with Gasteiger partial charge >= 0.3 is 6.09 Å². The number of piperidine rings is 1. The van der Waals surface area contributed by atoms with Crippen molar-refractivity contribution in [3.8, 4) is 0 Å². The Morgan fingerprint density at radius 1 is 1.40 bits per heavy atom. The normalized spacial score (nSPS) is 19.6. The van der Waals surface area contributed by atoms with Crippen LogP contribution in [0.25, 0.3) is 0 Å². The minimum absolute atomic E-state index is 0.0107. The number of nitrogens with zero attached hydrogens (tertiary/aromatic N) is 2. The molecular formula is C14H27N3O3. The summed E-state index contributed by atoms with van der Waals surface area (Å²) in [6.07, 6.45) is 1.47. The van der Waals surface area contributed by atoms with Crippen LogP contribution in [0.4, 0.5) is 4.79 Å². The second-order valence-corrected chi connectivity index (χ2v) is 6.11. The van der Waals surface area contributed by atoms with E-state index in [0.717, 1.165) is 12.8 Å². The van der Waals surface area contributed by atoms with Crippen molar-refractivity contribution >= 4 is 12.0 Å². The fourth-order valence-corrected chi connectivity index (χ4v) is 2.46. The van der Waals surface area contributed by atoms with Crippen molar-refractivity contribution in [1.82, 2.24) is 9.80 Å². The van der Waals surface area contributed by atoms with Crippen molar-refractivity contribution in [2.45, 2.75) is 52.2 Å². The molecule has 0 aromatic heterocycles. The molecule has 1 atom stereocenters. The molecule has 0 saturated carbocycles. The summed E-state index contributed by atoms with van der Waals surface area (Å²) in [4.78, 5) is 27.3. The van der Waals surface area contributed by atoms with E-state index in [0.29, 0.717) is 19.6 Å². The molecule has 1 unspecified atom stereocenters. The number of carbonyl (C=O) groups is 2. The fraction of sp³-hybridized carbons (Fsp3) is 0.857. The molecule has 2 amide bonds. The predicted octanol–water partition coefficient (Wildman–Crippen LogP) is 1.19. The van der Waals surface area contributed by atoms with Crippen LogP contribution in [0.5, 0.6) is 0 Å². The standard InChI is InChI=1S/C14H27N3O3/c1-5-17(12(18)9-15)11-7-6-8-16(10-11)13(19)20-14(2,3)4/h11H,5-10,15H2,1-4H3. The van der Waals surface area contributed by atoms with Crippen LogP contribution in [0.2, 0.25) is 0 Å². The van der Waals surface area contributed by atoms with Gasteiger partial charge in [0.15, 0.2) is 0 Å². The van der Waals surface area contributed by atoms with Crippen molar-refractivity contribution < 1.29 is 14.3 Å². The van der Waals surface area contributed by atoms with Crippen molar-refractivity contribution in [3.05, 3.63) is 0 Å². The van der Waals surface area contributed by atoms with Gasteiger partial charge in [-0.15, -0.1) is 0 Å². The first-order chi connectivity index (χ1) is 9.28. The number of rotatable bonds is 3. The van der Waals surface area contributed by atoms with Gasteiger partial charge in [0.2, 0.25) is 5.91 Å². The van der Waals surface area contributed by atoms with Gasteiger partial charge in [0.1, 0.15) is 5.60 Å². The molecule has 1 aliphatic rings. The second-order valence-electron chi connectivity index (χ2n) is 6.11. The summed E-state index contributed by atoms with van der Waals surface area (Å²) in [5.41, 5.74) is 4.94. The summed E-state index contributed by atoms with van der Waals surface area (Å²) in [7, 11) is 0. The number of carbonyl (C=O) groups excluding carboxylic acids is 2. The third kappa shape index (κ3) is 4.67. The summed E-state index contributed by atoms with van der Waals surface area (Å²) >= 11 is 0. The highest BCUT2D eigenvalue weighted by Crippen LogP contribution is 2.18. The van der Waals surface area contributed by atoms with Gasteiger partial charge in [0.25, 0.3) is 0 Å². The van der Waals surface area contributed by atoms with Crippen LogP contribution in [0, 0.1) is 0 Å². The van der Waals surface area contributed by atoms with Crippen LogP contribution in [0.15, 0.2) is 0 Å². The van der Waals surface area contributed by atoms with Gasteiger partial charge in [-0.2, -0.15) is 0 Å². The molecule has 6 nitrogen and oxygen atoms in total. The minimum Gasteiger partial charge on any atom is -0.444 e. The smallest absolute Gasteiger partial charge is 0.410 e. The van der Waals surface area contributed by atoms with Gasteiger partial charge in [-0.3, -0.25) is 4.79 Å². The van der Waals surface area contributed by atoms with Gasteiger partial charge in [-0.1, -0.05) is 0 Å². The van der Waals surface area contributed by atoms with Crippen LogP contribution in [-0.2, 0) is 9.53 Å². The Hall–Kier alpha value is -1.30. The molecule has 1 heterocycles. The Morgan fingerprint density at radius 3 is 2.55 bits per heavy atom. The van der Waals surface area contributed by atoms with E-state index in [9.17, 15) is 9.59 Å². The molecule has 0 aromatic rings. The lowest BCUT2D eigenvalue weighted by atomic mass is 10.0. The Kier molecular flexibility index (Phi) is 5.80. The van der Waals surface area contributed by atoms with Crippen molar-refractivity contribution in [2.75, 3.05) is 26.2 Å². The molecule has 0 bridgehead atoms. The first kappa shape index (κ1) is 16.8. The molecule has 0 aromatic carbocycles. The number of amides is 2. The van der Waals surface area contributed by atoms with Gasteiger partial charge in [-0.05, 0) is 40.5 Å². The van der Waals surface area contributed by atoms with Gasteiger partial charge < -0.3 is 20.3 Å². The molecule has 1 saturated heterocycles. The van der Waals surface area contributed by atoms with Gasteiger partial charge in [0.05, 0.1) is 6.54 Å². The van der Waals surface area contributed by atoms with E-state index in [2.05, 4.69) is 0 Å².